The fourth-order valence-corrected chi connectivity index (χ4v) is 4.33. The van der Waals surface area contributed by atoms with Crippen molar-refractivity contribution in [2.45, 2.75) is 38.3 Å². The molecule has 4 rings (SSSR count). The zero-order chi connectivity index (χ0) is 22.7. The molecule has 0 radical (unpaired) electrons. The van der Waals surface area contributed by atoms with Gasteiger partial charge in [-0.2, -0.15) is 0 Å². The lowest BCUT2D eigenvalue weighted by Gasteiger charge is -2.23. The Morgan fingerprint density at radius 3 is 2.28 bits per heavy atom. The van der Waals surface area contributed by atoms with Crippen LogP contribution < -0.4 is 16.2 Å². The molecule has 7 heteroatoms. The maximum absolute atomic E-state index is 12.8. The molecule has 0 bridgehead atoms. The molecule has 2 amide bonds. The maximum atomic E-state index is 12.8. The summed E-state index contributed by atoms with van der Waals surface area (Å²) in [6, 6.07) is 16.7. The van der Waals surface area contributed by atoms with Crippen molar-refractivity contribution < 1.29 is 9.59 Å². The van der Waals surface area contributed by atoms with E-state index < -0.39 is 0 Å². The highest BCUT2D eigenvalue weighted by molar-refractivity contribution is 6.30. The largest absolute Gasteiger partial charge is 0.347 e. The highest BCUT2D eigenvalue weighted by atomic mass is 35.5. The summed E-state index contributed by atoms with van der Waals surface area (Å²) in [7, 11) is 0. The smallest absolute Gasteiger partial charge is 0.255 e. The lowest BCUT2D eigenvalue weighted by Crippen LogP contribution is -2.48. The lowest BCUT2D eigenvalue weighted by atomic mass is 10.1. The molecule has 0 aliphatic heterocycles. The highest BCUT2D eigenvalue weighted by Gasteiger charge is 2.30. The van der Waals surface area contributed by atoms with Crippen LogP contribution in [0.2, 0.25) is 5.02 Å². The third kappa shape index (κ3) is 4.75. The fraction of sp³-hybridized carbons (Fsp3) is 0.240. The summed E-state index contributed by atoms with van der Waals surface area (Å²) in [5, 5.41) is 6.71. The van der Waals surface area contributed by atoms with Crippen molar-refractivity contribution in [2.24, 2.45) is 0 Å². The molecule has 164 valence electrons. The van der Waals surface area contributed by atoms with Gasteiger partial charge in [0.2, 0.25) is 0 Å². The molecule has 1 aliphatic rings. The molecule has 1 heterocycles. The van der Waals surface area contributed by atoms with Crippen molar-refractivity contribution in [1.29, 1.82) is 0 Å². The second-order valence-corrected chi connectivity index (χ2v) is 8.44. The summed E-state index contributed by atoms with van der Waals surface area (Å²) < 4.78 is 1.52. The molecular formula is C25H24ClN3O3. The first-order chi connectivity index (χ1) is 15.4. The molecule has 3 aromatic rings. The Labute approximate surface area is 191 Å². The van der Waals surface area contributed by atoms with Crippen LogP contribution in [0.25, 0.3) is 5.69 Å². The van der Waals surface area contributed by atoms with Crippen molar-refractivity contribution in [1.82, 2.24) is 15.2 Å². The number of nitrogens with zero attached hydrogens (tertiary/aromatic N) is 1. The van der Waals surface area contributed by atoms with Gasteiger partial charge in [-0.1, -0.05) is 17.7 Å². The molecular weight excluding hydrogens is 426 g/mol. The Balaban J connectivity index is 1.41. The van der Waals surface area contributed by atoms with Gasteiger partial charge in [0.05, 0.1) is 0 Å². The van der Waals surface area contributed by atoms with Gasteiger partial charge >= 0.3 is 0 Å². The van der Waals surface area contributed by atoms with E-state index in [0.717, 1.165) is 24.8 Å². The number of hydrogen-bond donors (Lipinski definition) is 2. The second kappa shape index (κ2) is 9.40. The van der Waals surface area contributed by atoms with Crippen LogP contribution in [0.1, 0.15) is 45.5 Å². The Morgan fingerprint density at radius 1 is 0.938 bits per heavy atom. The van der Waals surface area contributed by atoms with Crippen molar-refractivity contribution in [3.8, 4) is 5.69 Å². The number of rotatable bonds is 5. The molecule has 0 spiro atoms. The summed E-state index contributed by atoms with van der Waals surface area (Å²) in [6.07, 6.45) is 4.21. The molecule has 1 fully saturated rings. The quantitative estimate of drug-likeness (QED) is 0.620. The van der Waals surface area contributed by atoms with Gasteiger partial charge in [-0.15, -0.1) is 0 Å². The summed E-state index contributed by atoms with van der Waals surface area (Å²) >= 11 is 5.99. The average molecular weight is 450 g/mol. The van der Waals surface area contributed by atoms with Crippen LogP contribution in [0, 0.1) is 6.92 Å². The molecule has 1 saturated carbocycles. The number of carbonyl (C=O) groups is 2. The molecule has 0 saturated heterocycles. The Morgan fingerprint density at radius 2 is 1.62 bits per heavy atom. The number of pyridine rings is 1. The minimum absolute atomic E-state index is 0.134. The third-order valence-corrected chi connectivity index (χ3v) is 6.05. The summed E-state index contributed by atoms with van der Waals surface area (Å²) in [4.78, 5) is 37.5. The van der Waals surface area contributed by atoms with E-state index in [-0.39, 0.29) is 29.5 Å². The SMILES string of the molecule is Cc1cc(Cl)ccc1C(=O)N[C@@H]1CCCC1NC(=O)c1ccc(-n2ccccc2=O)cc1. The summed E-state index contributed by atoms with van der Waals surface area (Å²) in [5.74, 6) is -0.367. The standard InChI is InChI=1S/C25H24ClN3O3/c1-16-15-18(26)10-13-20(16)25(32)28-22-6-4-5-21(22)27-24(31)17-8-11-19(12-9-17)29-14-3-2-7-23(29)30/h2-3,7-15,21-22H,4-6H2,1H3,(H,27,31)(H,28,32)/t21?,22-/m1/s1. The van der Waals surface area contributed by atoms with Gasteiger partial charge in [-0.25, -0.2) is 0 Å². The zero-order valence-corrected chi connectivity index (χ0v) is 18.4. The van der Waals surface area contributed by atoms with Gasteiger partial charge in [-0.3, -0.25) is 19.0 Å². The van der Waals surface area contributed by atoms with E-state index in [4.69, 9.17) is 11.6 Å². The van der Waals surface area contributed by atoms with Crippen molar-refractivity contribution in [2.75, 3.05) is 0 Å². The monoisotopic (exact) mass is 449 g/mol. The number of aryl methyl sites for hydroxylation is 1. The zero-order valence-electron chi connectivity index (χ0n) is 17.7. The lowest BCUT2D eigenvalue weighted by molar-refractivity contribution is 0.0891. The number of carbonyl (C=O) groups excluding carboxylic acids is 2. The van der Waals surface area contributed by atoms with Gasteiger partial charge in [0.15, 0.2) is 0 Å². The first-order valence-electron chi connectivity index (χ1n) is 10.6. The van der Waals surface area contributed by atoms with Crippen LogP contribution in [0.15, 0.2) is 71.7 Å². The van der Waals surface area contributed by atoms with Gasteiger partial charge < -0.3 is 10.6 Å². The van der Waals surface area contributed by atoms with E-state index in [1.165, 1.54) is 10.6 Å². The normalized spacial score (nSPS) is 17.7. The van der Waals surface area contributed by atoms with E-state index in [9.17, 15) is 14.4 Å². The van der Waals surface area contributed by atoms with Crippen LogP contribution in [-0.4, -0.2) is 28.5 Å². The van der Waals surface area contributed by atoms with E-state index in [0.29, 0.717) is 21.8 Å². The molecule has 2 aromatic carbocycles. The number of halogens is 1. The van der Waals surface area contributed by atoms with Gasteiger partial charge in [-0.05, 0) is 80.3 Å². The number of benzene rings is 2. The minimum Gasteiger partial charge on any atom is -0.347 e. The highest BCUT2D eigenvalue weighted by Crippen LogP contribution is 2.22. The van der Waals surface area contributed by atoms with Gasteiger partial charge in [0, 0.05) is 46.2 Å². The van der Waals surface area contributed by atoms with Crippen molar-refractivity contribution in [3.05, 3.63) is 98.9 Å². The topological polar surface area (TPSA) is 80.2 Å². The molecule has 32 heavy (non-hydrogen) atoms. The second-order valence-electron chi connectivity index (χ2n) is 8.01. The average Bonchev–Trinajstić information content (AvgIpc) is 3.20. The first kappa shape index (κ1) is 21.8. The van der Waals surface area contributed by atoms with E-state index in [2.05, 4.69) is 10.6 Å². The van der Waals surface area contributed by atoms with Crippen molar-refractivity contribution in [3.63, 3.8) is 0 Å². The Bertz CT molecular complexity index is 1200. The minimum atomic E-state index is -0.203. The van der Waals surface area contributed by atoms with Gasteiger partial charge in [0.1, 0.15) is 0 Å². The van der Waals surface area contributed by atoms with Crippen LogP contribution in [0.4, 0.5) is 0 Å². The third-order valence-electron chi connectivity index (χ3n) is 5.81. The number of nitrogens with one attached hydrogen (secondary N) is 2. The predicted molar refractivity (Wildman–Crippen MR) is 125 cm³/mol. The van der Waals surface area contributed by atoms with Crippen LogP contribution in [-0.2, 0) is 0 Å². The maximum Gasteiger partial charge on any atom is 0.255 e. The molecule has 1 aliphatic carbocycles. The molecule has 6 nitrogen and oxygen atoms in total. The summed E-state index contributed by atoms with van der Waals surface area (Å²) in [5.41, 5.74) is 2.45. The van der Waals surface area contributed by atoms with E-state index in [1.54, 1.807) is 60.8 Å². The first-order valence-corrected chi connectivity index (χ1v) is 11.0. The molecule has 1 aromatic heterocycles. The number of aromatic nitrogens is 1. The summed E-state index contributed by atoms with van der Waals surface area (Å²) in [6.45, 7) is 1.85. The fourth-order valence-electron chi connectivity index (χ4n) is 4.10. The predicted octanol–water partition coefficient (Wildman–Crippen LogP) is 3.88. The van der Waals surface area contributed by atoms with Crippen LogP contribution >= 0.6 is 11.6 Å². The molecule has 2 N–H and O–H groups in total. The van der Waals surface area contributed by atoms with Crippen LogP contribution in [0.5, 0.6) is 0 Å². The Kier molecular flexibility index (Phi) is 6.42. The number of amides is 2. The van der Waals surface area contributed by atoms with Gasteiger partial charge in [0.25, 0.3) is 17.4 Å². The van der Waals surface area contributed by atoms with E-state index in [1.807, 2.05) is 6.92 Å². The molecule has 1 unspecified atom stereocenters. The number of hydrogen-bond acceptors (Lipinski definition) is 3. The molecule has 2 atom stereocenters. The van der Waals surface area contributed by atoms with Crippen molar-refractivity contribution >= 4 is 23.4 Å². The van der Waals surface area contributed by atoms with Crippen LogP contribution in [0.3, 0.4) is 0 Å². The Hall–Kier alpha value is -3.38. The van der Waals surface area contributed by atoms with E-state index >= 15 is 0 Å².